The molecule has 1 atom stereocenters. The standard InChI is InChI=1S/C16H22Cl2N2O2/c1-10(2)15(12-5-6-13(17)14(18)9-12)16(22)20-8-4-7-19-11(3)21/h5-6,9-10,15H,4,7-8H2,1-3H3,(H,19,21)(H,20,22). The number of hydrogen-bond donors (Lipinski definition) is 2. The lowest BCUT2D eigenvalue weighted by Crippen LogP contribution is -2.34. The van der Waals surface area contributed by atoms with E-state index in [1.807, 2.05) is 19.9 Å². The molecule has 1 aromatic carbocycles. The van der Waals surface area contributed by atoms with Crippen molar-refractivity contribution in [2.75, 3.05) is 13.1 Å². The molecule has 22 heavy (non-hydrogen) atoms. The lowest BCUT2D eigenvalue weighted by molar-refractivity contribution is -0.123. The van der Waals surface area contributed by atoms with Gasteiger partial charge in [-0.3, -0.25) is 9.59 Å². The highest BCUT2D eigenvalue weighted by atomic mass is 35.5. The van der Waals surface area contributed by atoms with Gasteiger partial charge in [0, 0.05) is 20.0 Å². The van der Waals surface area contributed by atoms with Crippen LogP contribution >= 0.6 is 23.2 Å². The molecule has 1 unspecified atom stereocenters. The fourth-order valence-corrected chi connectivity index (χ4v) is 2.53. The van der Waals surface area contributed by atoms with Crippen LogP contribution in [0.25, 0.3) is 0 Å². The Labute approximate surface area is 141 Å². The highest BCUT2D eigenvalue weighted by Gasteiger charge is 2.24. The summed E-state index contributed by atoms with van der Waals surface area (Å²) in [6.07, 6.45) is 0.692. The maximum atomic E-state index is 12.4. The summed E-state index contributed by atoms with van der Waals surface area (Å²) in [5.41, 5.74) is 0.851. The highest BCUT2D eigenvalue weighted by Crippen LogP contribution is 2.30. The Kier molecular flexibility index (Phi) is 7.69. The Morgan fingerprint density at radius 2 is 1.73 bits per heavy atom. The molecule has 0 bridgehead atoms. The van der Waals surface area contributed by atoms with E-state index in [2.05, 4.69) is 10.6 Å². The van der Waals surface area contributed by atoms with Gasteiger partial charge in [0.15, 0.2) is 0 Å². The minimum absolute atomic E-state index is 0.0452. The van der Waals surface area contributed by atoms with Crippen molar-refractivity contribution in [3.05, 3.63) is 33.8 Å². The number of nitrogens with one attached hydrogen (secondary N) is 2. The van der Waals surface area contributed by atoms with E-state index in [1.54, 1.807) is 12.1 Å². The van der Waals surface area contributed by atoms with Crippen LogP contribution in [0.1, 0.15) is 38.7 Å². The molecule has 2 N–H and O–H groups in total. The quantitative estimate of drug-likeness (QED) is 0.745. The molecule has 0 radical (unpaired) electrons. The van der Waals surface area contributed by atoms with Crippen LogP contribution in [0, 0.1) is 5.92 Å². The van der Waals surface area contributed by atoms with E-state index in [0.29, 0.717) is 29.6 Å². The SMILES string of the molecule is CC(=O)NCCCNC(=O)C(c1ccc(Cl)c(Cl)c1)C(C)C. The maximum Gasteiger partial charge on any atom is 0.227 e. The number of benzene rings is 1. The van der Waals surface area contributed by atoms with Gasteiger partial charge in [-0.05, 0) is 30.0 Å². The molecule has 122 valence electrons. The summed E-state index contributed by atoms with van der Waals surface area (Å²) in [4.78, 5) is 23.2. The third-order valence-electron chi connectivity index (χ3n) is 3.28. The van der Waals surface area contributed by atoms with Gasteiger partial charge in [0.1, 0.15) is 0 Å². The molecule has 2 amide bonds. The van der Waals surface area contributed by atoms with Gasteiger partial charge in [0.2, 0.25) is 11.8 Å². The molecule has 0 aliphatic rings. The van der Waals surface area contributed by atoms with Crippen molar-refractivity contribution < 1.29 is 9.59 Å². The predicted molar refractivity (Wildman–Crippen MR) is 90.4 cm³/mol. The minimum atomic E-state index is -0.282. The van der Waals surface area contributed by atoms with E-state index in [-0.39, 0.29) is 23.7 Å². The summed E-state index contributed by atoms with van der Waals surface area (Å²) in [6.45, 7) is 6.52. The number of rotatable bonds is 7. The van der Waals surface area contributed by atoms with Crippen molar-refractivity contribution in [2.24, 2.45) is 5.92 Å². The fraction of sp³-hybridized carbons (Fsp3) is 0.500. The van der Waals surface area contributed by atoms with Crippen molar-refractivity contribution >= 4 is 35.0 Å². The second kappa shape index (κ2) is 9.01. The van der Waals surface area contributed by atoms with E-state index < -0.39 is 0 Å². The number of hydrogen-bond acceptors (Lipinski definition) is 2. The van der Waals surface area contributed by atoms with Crippen molar-refractivity contribution in [1.82, 2.24) is 10.6 Å². The zero-order chi connectivity index (χ0) is 16.7. The van der Waals surface area contributed by atoms with Gasteiger partial charge in [-0.25, -0.2) is 0 Å². The number of halogens is 2. The van der Waals surface area contributed by atoms with E-state index in [0.717, 1.165) is 5.56 Å². The van der Waals surface area contributed by atoms with E-state index in [9.17, 15) is 9.59 Å². The van der Waals surface area contributed by atoms with E-state index in [4.69, 9.17) is 23.2 Å². The predicted octanol–water partition coefficient (Wildman–Crippen LogP) is 3.38. The molecular formula is C16H22Cl2N2O2. The third kappa shape index (κ3) is 5.85. The Balaban J connectivity index is 2.64. The smallest absolute Gasteiger partial charge is 0.227 e. The van der Waals surface area contributed by atoms with Crippen LogP contribution in [0.3, 0.4) is 0 Å². The molecule has 1 aromatic rings. The van der Waals surface area contributed by atoms with Gasteiger partial charge in [0.05, 0.1) is 16.0 Å². The first-order valence-electron chi connectivity index (χ1n) is 7.30. The highest BCUT2D eigenvalue weighted by molar-refractivity contribution is 6.42. The summed E-state index contributed by atoms with van der Waals surface area (Å²) in [5.74, 6) is -0.262. The Morgan fingerprint density at radius 1 is 1.09 bits per heavy atom. The largest absolute Gasteiger partial charge is 0.356 e. The molecule has 0 fully saturated rings. The van der Waals surface area contributed by atoms with Crippen LogP contribution < -0.4 is 10.6 Å². The van der Waals surface area contributed by atoms with Gasteiger partial charge < -0.3 is 10.6 Å². The Hall–Kier alpha value is -1.26. The summed E-state index contributed by atoms with van der Waals surface area (Å²) in [6, 6.07) is 5.28. The fourth-order valence-electron chi connectivity index (χ4n) is 2.22. The molecule has 1 rings (SSSR count). The first kappa shape index (κ1) is 18.8. The van der Waals surface area contributed by atoms with E-state index >= 15 is 0 Å². The van der Waals surface area contributed by atoms with Gasteiger partial charge in [-0.2, -0.15) is 0 Å². The van der Waals surface area contributed by atoms with Crippen LogP contribution in [0.15, 0.2) is 18.2 Å². The molecule has 0 saturated heterocycles. The summed E-state index contributed by atoms with van der Waals surface area (Å²) >= 11 is 12.0. The second-order valence-corrected chi connectivity index (χ2v) is 6.34. The van der Waals surface area contributed by atoms with Gasteiger partial charge in [0.25, 0.3) is 0 Å². The lowest BCUT2D eigenvalue weighted by atomic mass is 9.87. The van der Waals surface area contributed by atoms with Gasteiger partial charge in [-0.15, -0.1) is 0 Å². The molecule has 0 aliphatic carbocycles. The van der Waals surface area contributed by atoms with Gasteiger partial charge >= 0.3 is 0 Å². The Morgan fingerprint density at radius 3 is 2.27 bits per heavy atom. The molecule has 0 aliphatic heterocycles. The van der Waals surface area contributed by atoms with Crippen molar-refractivity contribution in [3.63, 3.8) is 0 Å². The van der Waals surface area contributed by atoms with Crippen LogP contribution in [0.2, 0.25) is 10.0 Å². The van der Waals surface area contributed by atoms with Crippen molar-refractivity contribution in [3.8, 4) is 0 Å². The molecule has 6 heteroatoms. The first-order chi connectivity index (χ1) is 10.3. The second-order valence-electron chi connectivity index (χ2n) is 5.52. The van der Waals surface area contributed by atoms with E-state index in [1.165, 1.54) is 6.92 Å². The molecule has 0 spiro atoms. The number of carbonyl (C=O) groups is 2. The summed E-state index contributed by atoms with van der Waals surface area (Å²) in [7, 11) is 0. The topological polar surface area (TPSA) is 58.2 Å². The van der Waals surface area contributed by atoms with Crippen molar-refractivity contribution in [2.45, 2.75) is 33.1 Å². The van der Waals surface area contributed by atoms with Gasteiger partial charge in [-0.1, -0.05) is 43.1 Å². The third-order valence-corrected chi connectivity index (χ3v) is 4.02. The molecular weight excluding hydrogens is 323 g/mol. The van der Waals surface area contributed by atoms with Crippen LogP contribution in [0.4, 0.5) is 0 Å². The summed E-state index contributed by atoms with van der Waals surface area (Å²) in [5, 5.41) is 6.52. The molecule has 0 heterocycles. The average Bonchev–Trinajstić information content (AvgIpc) is 2.42. The average molecular weight is 345 g/mol. The normalized spacial score (nSPS) is 12.1. The lowest BCUT2D eigenvalue weighted by Gasteiger charge is -2.21. The molecule has 0 aromatic heterocycles. The number of carbonyl (C=O) groups excluding carboxylic acids is 2. The minimum Gasteiger partial charge on any atom is -0.356 e. The summed E-state index contributed by atoms with van der Waals surface area (Å²) < 4.78 is 0. The van der Waals surface area contributed by atoms with Crippen LogP contribution in [-0.2, 0) is 9.59 Å². The monoisotopic (exact) mass is 344 g/mol. The zero-order valence-electron chi connectivity index (χ0n) is 13.1. The maximum absolute atomic E-state index is 12.4. The zero-order valence-corrected chi connectivity index (χ0v) is 14.6. The first-order valence-corrected chi connectivity index (χ1v) is 8.05. The number of amides is 2. The van der Waals surface area contributed by atoms with Crippen LogP contribution in [-0.4, -0.2) is 24.9 Å². The van der Waals surface area contributed by atoms with Crippen molar-refractivity contribution in [1.29, 1.82) is 0 Å². The van der Waals surface area contributed by atoms with Crippen LogP contribution in [0.5, 0.6) is 0 Å². The Bertz CT molecular complexity index is 533. The molecule has 4 nitrogen and oxygen atoms in total. The molecule has 0 saturated carbocycles.